The second kappa shape index (κ2) is 6.06. The van der Waals surface area contributed by atoms with E-state index in [1.54, 1.807) is 12.2 Å². The molecule has 6 nitrogen and oxygen atoms in total. The number of hydrogen-bond donors (Lipinski definition) is 3. The maximum Gasteiger partial charge on any atom is 0.315 e. The number of aliphatic carboxylic acids is 1. The first-order chi connectivity index (χ1) is 9.06. The molecule has 3 atom stereocenters. The molecule has 3 N–H and O–H groups in total. The molecule has 6 heteroatoms. The molecule has 1 aliphatic heterocycles. The van der Waals surface area contributed by atoms with Gasteiger partial charge in [-0.1, -0.05) is 12.2 Å². The van der Waals surface area contributed by atoms with Crippen molar-refractivity contribution < 1.29 is 14.7 Å². The Bertz CT molecular complexity index is 383. The Morgan fingerprint density at radius 3 is 2.79 bits per heavy atom. The topological polar surface area (TPSA) is 81.7 Å². The molecule has 1 aliphatic carbocycles. The van der Waals surface area contributed by atoms with Gasteiger partial charge in [0.05, 0.1) is 12.0 Å². The smallest absolute Gasteiger partial charge is 0.315 e. The zero-order chi connectivity index (χ0) is 13.8. The molecule has 2 rings (SSSR count). The van der Waals surface area contributed by atoms with Crippen LogP contribution in [0, 0.1) is 5.92 Å². The van der Waals surface area contributed by atoms with E-state index in [-0.39, 0.29) is 12.1 Å². The molecule has 0 bridgehead atoms. The van der Waals surface area contributed by atoms with Crippen LogP contribution in [0.2, 0.25) is 0 Å². The van der Waals surface area contributed by atoms with E-state index in [4.69, 9.17) is 5.11 Å². The zero-order valence-electron chi connectivity index (χ0n) is 11.1. The molecular formula is C13H21N3O3. The minimum Gasteiger partial charge on any atom is -0.481 e. The average molecular weight is 267 g/mol. The van der Waals surface area contributed by atoms with Gasteiger partial charge in [0.15, 0.2) is 0 Å². The fourth-order valence-electron chi connectivity index (χ4n) is 2.66. The molecule has 1 fully saturated rings. The van der Waals surface area contributed by atoms with Crippen LogP contribution in [0.4, 0.5) is 4.79 Å². The Kier molecular flexibility index (Phi) is 4.42. The molecule has 3 unspecified atom stereocenters. The third-order valence-electron chi connectivity index (χ3n) is 3.89. The van der Waals surface area contributed by atoms with E-state index < -0.39 is 11.9 Å². The molecule has 19 heavy (non-hydrogen) atoms. The summed E-state index contributed by atoms with van der Waals surface area (Å²) in [6, 6.07) is 0.0139. The van der Waals surface area contributed by atoms with Crippen LogP contribution in [0.5, 0.6) is 0 Å². The van der Waals surface area contributed by atoms with Crippen molar-refractivity contribution >= 4 is 12.0 Å². The summed E-state index contributed by atoms with van der Waals surface area (Å²) in [4.78, 5) is 24.7. The van der Waals surface area contributed by atoms with Crippen molar-refractivity contribution in [2.75, 3.05) is 20.1 Å². The van der Waals surface area contributed by atoms with Crippen molar-refractivity contribution in [2.45, 2.75) is 31.3 Å². The SMILES string of the molecule is CN1CCCC1CNC(=O)NC1C=CC(C(=O)O)C1. The molecule has 2 amide bonds. The number of rotatable bonds is 4. The number of carbonyl (C=O) groups excluding carboxylic acids is 1. The van der Waals surface area contributed by atoms with E-state index in [1.165, 1.54) is 6.42 Å². The molecular weight excluding hydrogens is 246 g/mol. The summed E-state index contributed by atoms with van der Waals surface area (Å²) in [5.74, 6) is -1.32. The molecule has 0 saturated carbocycles. The first-order valence-electron chi connectivity index (χ1n) is 6.72. The van der Waals surface area contributed by atoms with Crippen molar-refractivity contribution in [3.05, 3.63) is 12.2 Å². The highest BCUT2D eigenvalue weighted by Gasteiger charge is 2.26. The standard InChI is InChI=1S/C13H21N3O3/c1-16-6-2-3-11(16)8-14-13(19)15-10-5-4-9(7-10)12(17)18/h4-5,9-11H,2-3,6-8H2,1H3,(H,17,18)(H2,14,15,19). The van der Waals surface area contributed by atoms with Gasteiger partial charge in [0.1, 0.15) is 0 Å². The highest BCUT2D eigenvalue weighted by atomic mass is 16.4. The van der Waals surface area contributed by atoms with E-state index in [0.717, 1.165) is 13.0 Å². The van der Waals surface area contributed by atoms with E-state index in [9.17, 15) is 9.59 Å². The largest absolute Gasteiger partial charge is 0.481 e. The predicted octanol–water partition coefficient (Wildman–Crippen LogP) is 0.409. The molecule has 2 aliphatic rings. The van der Waals surface area contributed by atoms with Gasteiger partial charge < -0.3 is 20.6 Å². The molecule has 0 aromatic carbocycles. The molecule has 1 heterocycles. The number of likely N-dealkylation sites (N-methyl/N-ethyl adjacent to an activating group) is 1. The lowest BCUT2D eigenvalue weighted by molar-refractivity contribution is -0.140. The molecule has 0 aromatic heterocycles. The van der Waals surface area contributed by atoms with Crippen molar-refractivity contribution in [3.8, 4) is 0 Å². The summed E-state index contributed by atoms with van der Waals surface area (Å²) in [7, 11) is 2.06. The van der Waals surface area contributed by atoms with Gasteiger partial charge in [-0.05, 0) is 32.9 Å². The van der Waals surface area contributed by atoms with E-state index in [2.05, 4.69) is 22.6 Å². The lowest BCUT2D eigenvalue weighted by Crippen LogP contribution is -2.45. The number of likely N-dealkylation sites (tertiary alicyclic amines) is 1. The number of nitrogens with one attached hydrogen (secondary N) is 2. The summed E-state index contributed by atoms with van der Waals surface area (Å²) in [6.07, 6.45) is 6.11. The summed E-state index contributed by atoms with van der Waals surface area (Å²) in [5.41, 5.74) is 0. The Balaban J connectivity index is 1.68. The van der Waals surface area contributed by atoms with Crippen molar-refractivity contribution in [1.29, 1.82) is 0 Å². The summed E-state index contributed by atoms with van der Waals surface area (Å²) in [5, 5.41) is 14.5. The monoisotopic (exact) mass is 267 g/mol. The third kappa shape index (κ3) is 3.70. The number of carboxylic acid groups (broad SMARTS) is 1. The van der Waals surface area contributed by atoms with Gasteiger partial charge in [0, 0.05) is 12.6 Å². The average Bonchev–Trinajstić information content (AvgIpc) is 2.96. The molecule has 0 radical (unpaired) electrons. The van der Waals surface area contributed by atoms with E-state index in [1.807, 2.05) is 0 Å². The fraction of sp³-hybridized carbons (Fsp3) is 0.692. The zero-order valence-corrected chi connectivity index (χ0v) is 11.1. The first-order valence-corrected chi connectivity index (χ1v) is 6.72. The second-order valence-corrected chi connectivity index (χ2v) is 5.30. The highest BCUT2D eigenvalue weighted by Crippen LogP contribution is 2.18. The maximum absolute atomic E-state index is 11.7. The van der Waals surface area contributed by atoms with Crippen LogP contribution in [0.15, 0.2) is 12.2 Å². The summed E-state index contributed by atoms with van der Waals surface area (Å²) >= 11 is 0. The molecule has 0 spiro atoms. The van der Waals surface area contributed by atoms with Crippen LogP contribution < -0.4 is 10.6 Å². The Hall–Kier alpha value is -1.56. The summed E-state index contributed by atoms with van der Waals surface area (Å²) < 4.78 is 0. The van der Waals surface area contributed by atoms with Gasteiger partial charge in [0.2, 0.25) is 0 Å². The van der Waals surface area contributed by atoms with Crippen LogP contribution in [0.25, 0.3) is 0 Å². The first kappa shape index (κ1) is 13.9. The van der Waals surface area contributed by atoms with Gasteiger partial charge >= 0.3 is 12.0 Å². The predicted molar refractivity (Wildman–Crippen MR) is 70.9 cm³/mol. The van der Waals surface area contributed by atoms with Crippen molar-refractivity contribution in [1.82, 2.24) is 15.5 Å². The second-order valence-electron chi connectivity index (χ2n) is 5.30. The van der Waals surface area contributed by atoms with Gasteiger partial charge in [-0.15, -0.1) is 0 Å². The maximum atomic E-state index is 11.7. The Morgan fingerprint density at radius 2 is 2.21 bits per heavy atom. The number of urea groups is 1. The number of carboxylic acids is 1. The number of nitrogens with zero attached hydrogens (tertiary/aromatic N) is 1. The minimum atomic E-state index is -0.839. The van der Waals surface area contributed by atoms with Crippen LogP contribution in [-0.4, -0.2) is 54.2 Å². The van der Waals surface area contributed by atoms with Crippen molar-refractivity contribution in [3.63, 3.8) is 0 Å². The van der Waals surface area contributed by atoms with E-state index >= 15 is 0 Å². The van der Waals surface area contributed by atoms with Crippen molar-refractivity contribution in [2.24, 2.45) is 5.92 Å². The highest BCUT2D eigenvalue weighted by molar-refractivity contribution is 5.76. The molecule has 1 saturated heterocycles. The van der Waals surface area contributed by atoms with E-state index in [0.29, 0.717) is 19.0 Å². The Morgan fingerprint density at radius 1 is 1.42 bits per heavy atom. The molecule has 106 valence electrons. The van der Waals surface area contributed by atoms with Gasteiger partial charge in [-0.25, -0.2) is 4.79 Å². The summed E-state index contributed by atoms with van der Waals surface area (Å²) in [6.45, 7) is 1.72. The van der Waals surface area contributed by atoms with Gasteiger partial charge in [-0.2, -0.15) is 0 Å². The van der Waals surface area contributed by atoms with Gasteiger partial charge in [-0.3, -0.25) is 4.79 Å². The fourth-order valence-corrected chi connectivity index (χ4v) is 2.66. The van der Waals surface area contributed by atoms with Gasteiger partial charge in [0.25, 0.3) is 0 Å². The minimum absolute atomic E-state index is 0.178. The number of carbonyl (C=O) groups is 2. The van der Waals surface area contributed by atoms with Crippen LogP contribution >= 0.6 is 0 Å². The van der Waals surface area contributed by atoms with Crippen LogP contribution in [0.3, 0.4) is 0 Å². The number of amides is 2. The molecule has 0 aromatic rings. The third-order valence-corrected chi connectivity index (χ3v) is 3.89. The lowest BCUT2D eigenvalue weighted by atomic mass is 10.1. The number of hydrogen-bond acceptors (Lipinski definition) is 3. The van der Waals surface area contributed by atoms with Crippen LogP contribution in [0.1, 0.15) is 19.3 Å². The lowest BCUT2D eigenvalue weighted by Gasteiger charge is -2.20. The Labute approximate surface area is 112 Å². The van der Waals surface area contributed by atoms with Crippen LogP contribution in [-0.2, 0) is 4.79 Å². The quantitative estimate of drug-likeness (QED) is 0.644. The normalized spacial score (nSPS) is 30.5.